The van der Waals surface area contributed by atoms with Crippen LogP contribution in [0.1, 0.15) is 50.5 Å². The molecule has 0 unspecified atom stereocenters. The van der Waals surface area contributed by atoms with E-state index in [2.05, 4.69) is 132 Å². The highest BCUT2D eigenvalue weighted by molar-refractivity contribution is 5.61. The second-order valence-corrected chi connectivity index (χ2v) is 11.1. The third-order valence-corrected chi connectivity index (χ3v) is 7.96. The fourth-order valence-corrected chi connectivity index (χ4v) is 5.37. The minimum absolute atomic E-state index is 0.278. The molecule has 0 spiro atoms. The summed E-state index contributed by atoms with van der Waals surface area (Å²) >= 11 is 0. The number of aromatic nitrogens is 6. The Balaban J connectivity index is 1.53. The number of aromatic amines is 2. The van der Waals surface area contributed by atoms with Crippen LogP contribution in [0.5, 0.6) is 0 Å². The van der Waals surface area contributed by atoms with Gasteiger partial charge in [-0.1, -0.05) is 36.4 Å². The van der Waals surface area contributed by atoms with Gasteiger partial charge in [0.1, 0.15) is 0 Å². The fraction of sp³-hybridized carbons (Fsp3) is 0.188. The van der Waals surface area contributed by atoms with E-state index in [-0.39, 0.29) is 5.41 Å². The summed E-state index contributed by atoms with van der Waals surface area (Å²) < 4.78 is 4.36. The zero-order valence-electron chi connectivity index (χ0n) is 22.0. The summed E-state index contributed by atoms with van der Waals surface area (Å²) in [6.07, 6.45) is 4.31. The topological polar surface area (TPSA) is 67.2 Å². The number of imidazole rings is 2. The van der Waals surface area contributed by atoms with Crippen molar-refractivity contribution in [3.63, 3.8) is 0 Å². The maximum absolute atomic E-state index is 5.25. The van der Waals surface area contributed by atoms with Gasteiger partial charge >= 0.3 is 0 Å². The molecule has 7 rings (SSSR count). The zero-order chi connectivity index (χ0) is 26.1. The Hall–Kier alpha value is -4.58. The van der Waals surface area contributed by atoms with E-state index in [4.69, 9.17) is 9.97 Å². The Morgan fingerprint density at radius 1 is 0.526 bits per heavy atom. The fourth-order valence-electron chi connectivity index (χ4n) is 5.37. The highest BCUT2D eigenvalue weighted by Crippen LogP contribution is 2.38. The molecular formula is C32H30N6. The van der Waals surface area contributed by atoms with Crippen molar-refractivity contribution in [3.05, 3.63) is 120 Å². The summed E-state index contributed by atoms with van der Waals surface area (Å²) in [6.45, 7) is 8.87. The van der Waals surface area contributed by atoms with Crippen LogP contribution in [0, 0.1) is 0 Å². The Labute approximate surface area is 222 Å². The average molecular weight is 499 g/mol. The SMILES string of the molecule is CC1(C)c2cn(-c3ccccc3)c(n2)-c2ccc([nH]2)C(C)(C)c2ccc([nH]2)-c2nc1cn2-c1ccccc1. The van der Waals surface area contributed by atoms with Gasteiger partial charge in [-0.3, -0.25) is 9.13 Å². The van der Waals surface area contributed by atoms with Crippen LogP contribution in [-0.2, 0) is 10.8 Å². The van der Waals surface area contributed by atoms with Crippen LogP contribution in [0.25, 0.3) is 34.4 Å². The number of nitrogens with zero attached hydrogens (tertiary/aromatic N) is 4. The minimum Gasteiger partial charge on any atom is -0.355 e. The summed E-state index contributed by atoms with van der Waals surface area (Å²) in [6, 6.07) is 29.4. The van der Waals surface area contributed by atoms with Crippen LogP contribution in [-0.4, -0.2) is 29.1 Å². The van der Waals surface area contributed by atoms with Crippen molar-refractivity contribution in [2.24, 2.45) is 0 Å². The molecule has 2 aromatic carbocycles. The molecule has 5 heterocycles. The third-order valence-electron chi connectivity index (χ3n) is 7.96. The standard InChI is InChI=1S/C32H30N6/c1-31(2)25-17-15-23(33-25)29-35-27(19-37(29)21-11-7-5-8-12-21)32(3,4)28-20-38(22-13-9-6-10-14-22)30(36-28)24-16-18-26(31)34-24/h5-20,33-34H,1-4H3. The highest BCUT2D eigenvalue weighted by atomic mass is 15.1. The number of hydrogen-bond donors (Lipinski definition) is 2. The van der Waals surface area contributed by atoms with E-state index in [0.717, 1.165) is 57.2 Å². The summed E-state index contributed by atoms with van der Waals surface area (Å²) in [4.78, 5) is 17.9. The van der Waals surface area contributed by atoms with E-state index in [9.17, 15) is 0 Å². The van der Waals surface area contributed by atoms with Crippen LogP contribution >= 0.6 is 0 Å². The average Bonchev–Trinajstić information content (AvgIpc) is 3.73. The first-order valence-corrected chi connectivity index (χ1v) is 13.0. The van der Waals surface area contributed by atoms with Gasteiger partial charge in [0.25, 0.3) is 0 Å². The number of H-pyrrole nitrogens is 2. The molecule has 6 aromatic rings. The molecule has 2 N–H and O–H groups in total. The van der Waals surface area contributed by atoms with Gasteiger partial charge in [-0.25, -0.2) is 9.97 Å². The monoisotopic (exact) mass is 498 g/mol. The Morgan fingerprint density at radius 2 is 0.947 bits per heavy atom. The number of hydrogen-bond acceptors (Lipinski definition) is 2. The van der Waals surface area contributed by atoms with Crippen molar-refractivity contribution < 1.29 is 0 Å². The molecule has 38 heavy (non-hydrogen) atoms. The van der Waals surface area contributed by atoms with E-state index in [1.807, 2.05) is 12.1 Å². The molecular weight excluding hydrogens is 468 g/mol. The van der Waals surface area contributed by atoms with Crippen molar-refractivity contribution in [2.75, 3.05) is 0 Å². The van der Waals surface area contributed by atoms with Crippen LogP contribution < -0.4 is 0 Å². The minimum atomic E-state index is -0.447. The second kappa shape index (κ2) is 7.96. The van der Waals surface area contributed by atoms with Crippen LogP contribution in [0.3, 0.4) is 0 Å². The summed E-state index contributed by atoms with van der Waals surface area (Å²) in [5.74, 6) is 1.77. The Kier molecular flexibility index (Phi) is 4.73. The van der Waals surface area contributed by atoms with E-state index in [0.29, 0.717) is 0 Å². The van der Waals surface area contributed by atoms with Crippen LogP contribution in [0.4, 0.5) is 0 Å². The first-order valence-electron chi connectivity index (χ1n) is 13.0. The van der Waals surface area contributed by atoms with E-state index in [1.54, 1.807) is 0 Å². The molecule has 0 amide bonds. The van der Waals surface area contributed by atoms with Gasteiger partial charge in [-0.05, 0) is 76.2 Å². The molecule has 0 saturated heterocycles. The predicted molar refractivity (Wildman–Crippen MR) is 151 cm³/mol. The van der Waals surface area contributed by atoms with Gasteiger partial charge in [0.15, 0.2) is 11.6 Å². The first-order chi connectivity index (χ1) is 18.3. The lowest BCUT2D eigenvalue weighted by Crippen LogP contribution is -2.20. The highest BCUT2D eigenvalue weighted by Gasteiger charge is 2.34. The number of rotatable bonds is 2. The van der Waals surface area contributed by atoms with Crippen molar-refractivity contribution in [1.29, 1.82) is 0 Å². The van der Waals surface area contributed by atoms with Crippen LogP contribution in [0.2, 0.25) is 0 Å². The lowest BCUT2D eigenvalue weighted by molar-refractivity contribution is 0.600. The maximum Gasteiger partial charge on any atom is 0.161 e. The summed E-state index contributed by atoms with van der Waals surface area (Å²) in [5, 5.41) is 0. The van der Waals surface area contributed by atoms with Crippen molar-refractivity contribution in [1.82, 2.24) is 29.1 Å². The van der Waals surface area contributed by atoms with Gasteiger partial charge in [-0.2, -0.15) is 0 Å². The third kappa shape index (κ3) is 3.33. The molecule has 0 saturated carbocycles. The van der Waals surface area contributed by atoms with Gasteiger partial charge < -0.3 is 9.97 Å². The van der Waals surface area contributed by atoms with E-state index < -0.39 is 5.41 Å². The van der Waals surface area contributed by atoms with E-state index in [1.165, 1.54) is 0 Å². The van der Waals surface area contributed by atoms with Gasteiger partial charge in [0, 0.05) is 40.6 Å². The largest absolute Gasteiger partial charge is 0.355 e. The Morgan fingerprint density at radius 3 is 1.37 bits per heavy atom. The molecule has 0 aliphatic carbocycles. The molecule has 4 aromatic heterocycles. The van der Waals surface area contributed by atoms with E-state index >= 15 is 0 Å². The lowest BCUT2D eigenvalue weighted by Gasteiger charge is -2.22. The molecule has 6 heteroatoms. The normalized spacial score (nSPS) is 15.3. The molecule has 0 atom stereocenters. The Bertz CT molecular complexity index is 1630. The van der Waals surface area contributed by atoms with Crippen molar-refractivity contribution >= 4 is 0 Å². The molecule has 188 valence electrons. The second-order valence-electron chi connectivity index (χ2n) is 11.1. The molecule has 1 aliphatic rings. The number of para-hydroxylation sites is 2. The van der Waals surface area contributed by atoms with Crippen molar-refractivity contribution in [2.45, 2.75) is 38.5 Å². The van der Waals surface area contributed by atoms with Gasteiger partial charge in [0.05, 0.1) is 28.2 Å². The molecule has 0 fully saturated rings. The maximum atomic E-state index is 5.25. The smallest absolute Gasteiger partial charge is 0.161 e. The molecule has 1 aliphatic heterocycles. The number of nitrogens with one attached hydrogen (secondary N) is 2. The summed E-state index contributed by atoms with van der Waals surface area (Å²) in [5.41, 5.74) is 7.54. The van der Waals surface area contributed by atoms with Gasteiger partial charge in [0.2, 0.25) is 0 Å². The molecule has 0 radical (unpaired) electrons. The van der Waals surface area contributed by atoms with Crippen LogP contribution in [0.15, 0.2) is 97.3 Å². The quantitative estimate of drug-likeness (QED) is 0.270. The van der Waals surface area contributed by atoms with Gasteiger partial charge in [-0.15, -0.1) is 0 Å². The summed E-state index contributed by atoms with van der Waals surface area (Å²) in [7, 11) is 0. The van der Waals surface area contributed by atoms with Crippen molar-refractivity contribution in [3.8, 4) is 34.4 Å². The zero-order valence-corrected chi connectivity index (χ0v) is 22.0. The molecule has 8 bridgehead atoms. The lowest BCUT2D eigenvalue weighted by atomic mass is 9.86. The first kappa shape index (κ1) is 22.6. The molecule has 6 nitrogen and oxygen atoms in total. The number of benzene rings is 2. The predicted octanol–water partition coefficient (Wildman–Crippen LogP) is 7.01. The number of fused-ring (bicyclic) bond motifs is 10.